The number of piperidine rings is 1. The van der Waals surface area contributed by atoms with E-state index in [9.17, 15) is 8.42 Å². The van der Waals surface area contributed by atoms with Crippen molar-refractivity contribution in [2.75, 3.05) is 5.32 Å². The Kier molecular flexibility index (Phi) is 5.88. The van der Waals surface area contributed by atoms with Gasteiger partial charge in [-0.25, -0.2) is 18.4 Å². The molecule has 0 unspecified atom stereocenters. The molecule has 2 bridgehead atoms. The standard InChI is InChI=1S/C24H27ClN6O4S/c1-13-22(29-21-8-3-15(9-20(21)25)24-28-14(2)30-35-24)26-12-27-23(13)34-18-10-16-4-5-17(11-18)31(16)36(32,33)19-6-7-19/h3,8-9,12,16-19H,4-7,10-11H2,1-2H3,(H,26,27,29)/t16-,17-/m0/s1. The lowest BCUT2D eigenvalue weighted by molar-refractivity contribution is 0.0910. The van der Waals surface area contributed by atoms with Gasteiger partial charge in [-0.2, -0.15) is 9.29 Å². The molecule has 0 spiro atoms. The van der Waals surface area contributed by atoms with Crippen LogP contribution < -0.4 is 10.1 Å². The summed E-state index contributed by atoms with van der Waals surface area (Å²) in [6.07, 6.45) is 6.08. The molecule has 1 N–H and O–H groups in total. The Bertz CT molecular complexity index is 1400. The van der Waals surface area contributed by atoms with Crippen LogP contribution in [0, 0.1) is 13.8 Å². The summed E-state index contributed by atoms with van der Waals surface area (Å²) in [6.45, 7) is 3.65. The number of anilines is 2. The fraction of sp³-hybridized carbons (Fsp3) is 0.500. The first kappa shape index (κ1) is 23.6. The maximum Gasteiger partial charge on any atom is 0.257 e. The number of benzene rings is 1. The first-order valence-corrected chi connectivity index (χ1v) is 14.1. The van der Waals surface area contributed by atoms with Crippen LogP contribution in [0.5, 0.6) is 5.88 Å². The highest BCUT2D eigenvalue weighted by Crippen LogP contribution is 2.44. The van der Waals surface area contributed by atoms with Crippen molar-refractivity contribution in [3.8, 4) is 17.3 Å². The number of fused-ring (bicyclic) bond motifs is 2. The van der Waals surface area contributed by atoms with E-state index < -0.39 is 10.0 Å². The first-order valence-electron chi connectivity index (χ1n) is 12.2. The number of aromatic nitrogens is 4. The predicted octanol–water partition coefficient (Wildman–Crippen LogP) is 4.41. The number of halogens is 1. The minimum absolute atomic E-state index is 0.0130. The summed E-state index contributed by atoms with van der Waals surface area (Å²) in [7, 11) is -3.18. The maximum absolute atomic E-state index is 12.9. The molecule has 12 heteroatoms. The van der Waals surface area contributed by atoms with Gasteiger partial charge >= 0.3 is 0 Å². The van der Waals surface area contributed by atoms with Gasteiger partial charge in [0.15, 0.2) is 5.82 Å². The normalized spacial score (nSPS) is 24.1. The average molecular weight is 531 g/mol. The van der Waals surface area contributed by atoms with Crippen molar-refractivity contribution in [2.24, 2.45) is 0 Å². The third-order valence-corrected chi connectivity index (χ3v) is 9.99. The van der Waals surface area contributed by atoms with E-state index >= 15 is 0 Å². The molecule has 2 atom stereocenters. The summed E-state index contributed by atoms with van der Waals surface area (Å²) in [5, 5.41) is 7.38. The lowest BCUT2D eigenvalue weighted by atomic mass is 10.0. The van der Waals surface area contributed by atoms with Crippen molar-refractivity contribution in [1.82, 2.24) is 24.4 Å². The molecule has 2 aliphatic heterocycles. The zero-order valence-electron chi connectivity index (χ0n) is 20.0. The zero-order chi connectivity index (χ0) is 25.0. The summed E-state index contributed by atoms with van der Waals surface area (Å²) in [5.74, 6) is 2.03. The number of rotatable bonds is 7. The van der Waals surface area contributed by atoms with Crippen molar-refractivity contribution in [3.05, 3.63) is 40.9 Å². The Morgan fingerprint density at radius 3 is 2.50 bits per heavy atom. The molecular weight excluding hydrogens is 504 g/mol. The summed E-state index contributed by atoms with van der Waals surface area (Å²) in [4.78, 5) is 13.0. The third-order valence-electron chi connectivity index (χ3n) is 7.18. The van der Waals surface area contributed by atoms with E-state index in [2.05, 4.69) is 25.4 Å². The third kappa shape index (κ3) is 4.33. The molecule has 190 valence electrons. The molecule has 0 radical (unpaired) electrons. The number of hydrogen-bond donors (Lipinski definition) is 1. The Balaban J connectivity index is 1.16. The van der Waals surface area contributed by atoms with Crippen molar-refractivity contribution in [2.45, 2.75) is 75.8 Å². The Morgan fingerprint density at radius 2 is 1.86 bits per heavy atom. The van der Waals surface area contributed by atoms with E-state index in [4.69, 9.17) is 20.9 Å². The van der Waals surface area contributed by atoms with Crippen LogP contribution in [0.4, 0.5) is 11.5 Å². The van der Waals surface area contributed by atoms with Crippen LogP contribution in [0.15, 0.2) is 29.0 Å². The molecule has 4 heterocycles. The van der Waals surface area contributed by atoms with Gasteiger partial charge in [0.25, 0.3) is 5.89 Å². The monoisotopic (exact) mass is 530 g/mol. The topological polar surface area (TPSA) is 123 Å². The van der Waals surface area contributed by atoms with Crippen LogP contribution in [0.1, 0.15) is 49.9 Å². The molecule has 2 saturated heterocycles. The highest BCUT2D eigenvalue weighted by molar-refractivity contribution is 7.90. The molecule has 1 aliphatic carbocycles. The Hall–Kier alpha value is -2.76. The van der Waals surface area contributed by atoms with Crippen molar-refractivity contribution >= 4 is 33.1 Å². The number of nitrogens with one attached hydrogen (secondary N) is 1. The number of aryl methyl sites for hydroxylation is 1. The van der Waals surface area contributed by atoms with E-state index in [1.54, 1.807) is 17.3 Å². The van der Waals surface area contributed by atoms with Gasteiger partial charge < -0.3 is 14.6 Å². The van der Waals surface area contributed by atoms with E-state index in [1.807, 2.05) is 19.1 Å². The summed E-state index contributed by atoms with van der Waals surface area (Å²) in [5.41, 5.74) is 2.14. The van der Waals surface area contributed by atoms with Crippen LogP contribution in [0.25, 0.3) is 11.5 Å². The number of hydrogen-bond acceptors (Lipinski definition) is 9. The second kappa shape index (κ2) is 8.97. The van der Waals surface area contributed by atoms with E-state index in [0.29, 0.717) is 47.0 Å². The highest BCUT2D eigenvalue weighted by atomic mass is 35.5. The van der Waals surface area contributed by atoms with Gasteiger partial charge in [-0.3, -0.25) is 0 Å². The predicted molar refractivity (Wildman–Crippen MR) is 134 cm³/mol. The van der Waals surface area contributed by atoms with Crippen LogP contribution >= 0.6 is 11.6 Å². The first-order chi connectivity index (χ1) is 17.3. The van der Waals surface area contributed by atoms with E-state index in [0.717, 1.165) is 36.8 Å². The van der Waals surface area contributed by atoms with Crippen LogP contribution in [0.2, 0.25) is 5.02 Å². The van der Waals surface area contributed by atoms with Gasteiger partial charge in [-0.05, 0) is 57.7 Å². The minimum atomic E-state index is -3.18. The average Bonchev–Trinajstić information content (AvgIpc) is 3.56. The molecule has 0 amide bonds. The van der Waals surface area contributed by atoms with Gasteiger partial charge in [0.05, 0.1) is 21.5 Å². The summed E-state index contributed by atoms with van der Waals surface area (Å²) < 4.78 is 39.2. The minimum Gasteiger partial charge on any atom is -0.474 e. The van der Waals surface area contributed by atoms with E-state index in [-0.39, 0.29) is 23.4 Å². The van der Waals surface area contributed by atoms with E-state index in [1.165, 1.54) is 6.33 Å². The van der Waals surface area contributed by atoms with Crippen molar-refractivity contribution < 1.29 is 17.7 Å². The fourth-order valence-corrected chi connectivity index (χ4v) is 7.78. The molecule has 3 aliphatic rings. The second-order valence-corrected chi connectivity index (χ2v) is 12.3. The molecule has 3 fully saturated rings. The second-order valence-electron chi connectivity index (χ2n) is 9.79. The number of nitrogens with zero attached hydrogens (tertiary/aromatic N) is 5. The SMILES string of the molecule is Cc1noc(-c2ccc(Nc3ncnc(OC4C[C@@H]5CC[C@@H](C4)N5S(=O)(=O)C4CC4)c3C)c(Cl)c2)n1. The van der Waals surface area contributed by atoms with Gasteiger partial charge in [0.1, 0.15) is 18.2 Å². The number of sulfonamides is 1. The van der Waals surface area contributed by atoms with Gasteiger partial charge in [-0.1, -0.05) is 16.8 Å². The fourth-order valence-electron chi connectivity index (χ4n) is 5.26. The molecule has 10 nitrogen and oxygen atoms in total. The largest absolute Gasteiger partial charge is 0.474 e. The lowest BCUT2D eigenvalue weighted by Crippen LogP contribution is -2.50. The smallest absolute Gasteiger partial charge is 0.257 e. The molecule has 6 rings (SSSR count). The van der Waals surface area contributed by atoms with Gasteiger partial charge in [0.2, 0.25) is 15.9 Å². The lowest BCUT2D eigenvalue weighted by Gasteiger charge is -2.37. The van der Waals surface area contributed by atoms with Crippen LogP contribution in [-0.4, -0.2) is 56.3 Å². The molecule has 2 aromatic heterocycles. The molecule has 1 saturated carbocycles. The molecule has 3 aromatic rings. The van der Waals surface area contributed by atoms with Crippen molar-refractivity contribution in [3.63, 3.8) is 0 Å². The molecule has 1 aromatic carbocycles. The quantitative estimate of drug-likeness (QED) is 0.473. The highest BCUT2D eigenvalue weighted by Gasteiger charge is 2.52. The zero-order valence-corrected chi connectivity index (χ0v) is 21.6. The van der Waals surface area contributed by atoms with Gasteiger partial charge in [0, 0.05) is 30.5 Å². The van der Waals surface area contributed by atoms with Crippen LogP contribution in [0.3, 0.4) is 0 Å². The Morgan fingerprint density at radius 1 is 1.11 bits per heavy atom. The van der Waals surface area contributed by atoms with Crippen molar-refractivity contribution in [1.29, 1.82) is 0 Å². The van der Waals surface area contributed by atoms with Gasteiger partial charge in [-0.15, -0.1) is 0 Å². The summed E-state index contributed by atoms with van der Waals surface area (Å²) >= 11 is 6.52. The summed E-state index contributed by atoms with van der Waals surface area (Å²) in [6, 6.07) is 5.45. The number of ether oxygens (including phenoxy) is 1. The Labute approximate surface area is 214 Å². The maximum atomic E-state index is 12.9. The van der Waals surface area contributed by atoms with Crippen LogP contribution in [-0.2, 0) is 10.0 Å². The molecular formula is C24H27ClN6O4S. The molecule has 36 heavy (non-hydrogen) atoms.